The lowest BCUT2D eigenvalue weighted by atomic mass is 10.1. The highest BCUT2D eigenvalue weighted by Gasteiger charge is 2.06. The van der Waals surface area contributed by atoms with Crippen LogP contribution in [0.4, 0.5) is 4.39 Å². The second kappa shape index (κ2) is 5.28. The van der Waals surface area contributed by atoms with E-state index in [-0.39, 0.29) is 18.1 Å². The Hall–Kier alpha value is -1.66. The van der Waals surface area contributed by atoms with Gasteiger partial charge in [0.1, 0.15) is 5.82 Å². The number of carbonyl (C=O) groups is 1. The summed E-state index contributed by atoms with van der Waals surface area (Å²) in [5.74, 6) is 1.98. The Kier molecular flexibility index (Phi) is 4.02. The van der Waals surface area contributed by atoms with Crippen LogP contribution in [0.5, 0.6) is 0 Å². The van der Waals surface area contributed by atoms with E-state index in [2.05, 4.69) is 11.2 Å². The topological polar surface area (TPSA) is 29.1 Å². The Bertz CT molecular complexity index is 407. The van der Waals surface area contributed by atoms with Gasteiger partial charge in [0.05, 0.1) is 13.1 Å². The first-order chi connectivity index (χ1) is 7.15. The van der Waals surface area contributed by atoms with E-state index in [1.54, 1.807) is 6.92 Å². The molecule has 1 aromatic carbocycles. The average molecular weight is 205 g/mol. The zero-order valence-corrected chi connectivity index (χ0v) is 8.51. The SMILES string of the molecule is C#CCNCC(=O)c1ccc(F)c(C)c1. The zero-order chi connectivity index (χ0) is 11.3. The maximum Gasteiger partial charge on any atom is 0.176 e. The van der Waals surface area contributed by atoms with Crippen molar-refractivity contribution >= 4 is 5.78 Å². The molecule has 78 valence electrons. The molecule has 1 N–H and O–H groups in total. The molecular weight excluding hydrogens is 193 g/mol. The number of halogens is 1. The summed E-state index contributed by atoms with van der Waals surface area (Å²) >= 11 is 0. The van der Waals surface area contributed by atoms with Crippen molar-refractivity contribution in [2.45, 2.75) is 6.92 Å². The fourth-order valence-electron chi connectivity index (χ4n) is 1.17. The Labute approximate surface area is 88.5 Å². The van der Waals surface area contributed by atoms with Crippen LogP contribution >= 0.6 is 0 Å². The molecule has 0 unspecified atom stereocenters. The van der Waals surface area contributed by atoms with Crippen LogP contribution in [0.3, 0.4) is 0 Å². The van der Waals surface area contributed by atoms with Crippen LogP contribution in [0.1, 0.15) is 15.9 Å². The Morgan fingerprint density at radius 1 is 1.60 bits per heavy atom. The molecule has 0 aromatic heterocycles. The van der Waals surface area contributed by atoms with Crippen molar-refractivity contribution in [3.8, 4) is 12.3 Å². The van der Waals surface area contributed by atoms with E-state index in [1.807, 2.05) is 0 Å². The smallest absolute Gasteiger partial charge is 0.176 e. The van der Waals surface area contributed by atoms with Crippen molar-refractivity contribution in [3.05, 3.63) is 35.1 Å². The predicted octanol–water partition coefficient (Wildman–Crippen LogP) is 1.54. The van der Waals surface area contributed by atoms with E-state index >= 15 is 0 Å². The van der Waals surface area contributed by atoms with E-state index in [9.17, 15) is 9.18 Å². The van der Waals surface area contributed by atoms with E-state index in [0.29, 0.717) is 17.7 Å². The largest absolute Gasteiger partial charge is 0.299 e. The first-order valence-electron chi connectivity index (χ1n) is 4.58. The van der Waals surface area contributed by atoms with Gasteiger partial charge in [0.15, 0.2) is 5.78 Å². The molecule has 0 bridgehead atoms. The number of hydrogen-bond acceptors (Lipinski definition) is 2. The molecular formula is C12H12FNO. The number of aryl methyl sites for hydroxylation is 1. The fraction of sp³-hybridized carbons (Fsp3) is 0.250. The van der Waals surface area contributed by atoms with Crippen LogP contribution in [-0.4, -0.2) is 18.9 Å². The van der Waals surface area contributed by atoms with Crippen molar-refractivity contribution in [1.82, 2.24) is 5.32 Å². The minimum Gasteiger partial charge on any atom is -0.299 e. The molecule has 3 heteroatoms. The van der Waals surface area contributed by atoms with Crippen LogP contribution < -0.4 is 5.32 Å². The molecule has 0 radical (unpaired) electrons. The Balaban J connectivity index is 2.67. The van der Waals surface area contributed by atoms with Crippen LogP contribution in [0.25, 0.3) is 0 Å². The normalized spacial score (nSPS) is 9.67. The van der Waals surface area contributed by atoms with Gasteiger partial charge >= 0.3 is 0 Å². The van der Waals surface area contributed by atoms with Gasteiger partial charge in [-0.3, -0.25) is 10.1 Å². The second-order valence-electron chi connectivity index (χ2n) is 3.19. The maximum atomic E-state index is 12.9. The molecule has 15 heavy (non-hydrogen) atoms. The summed E-state index contributed by atoms with van der Waals surface area (Å²) in [5.41, 5.74) is 0.969. The number of terminal acetylenes is 1. The summed E-state index contributed by atoms with van der Waals surface area (Å²) in [6.45, 7) is 2.15. The van der Waals surface area contributed by atoms with Gasteiger partial charge in [-0.25, -0.2) is 4.39 Å². The molecule has 1 aromatic rings. The number of carbonyl (C=O) groups excluding carboxylic acids is 1. The second-order valence-corrected chi connectivity index (χ2v) is 3.19. The summed E-state index contributed by atoms with van der Waals surface area (Å²) in [5, 5.41) is 2.79. The number of Topliss-reactive ketones (excluding diaryl/α,β-unsaturated/α-hetero) is 1. The van der Waals surface area contributed by atoms with Crippen molar-refractivity contribution in [2.75, 3.05) is 13.1 Å². The van der Waals surface area contributed by atoms with Gasteiger partial charge in [-0.15, -0.1) is 6.42 Å². The van der Waals surface area contributed by atoms with Crippen molar-refractivity contribution in [1.29, 1.82) is 0 Å². The first-order valence-corrected chi connectivity index (χ1v) is 4.58. The van der Waals surface area contributed by atoms with Gasteiger partial charge in [-0.1, -0.05) is 5.92 Å². The van der Waals surface area contributed by atoms with E-state index < -0.39 is 0 Å². The van der Waals surface area contributed by atoms with Gasteiger partial charge < -0.3 is 0 Å². The van der Waals surface area contributed by atoms with Crippen molar-refractivity contribution in [3.63, 3.8) is 0 Å². The molecule has 0 fully saturated rings. The van der Waals surface area contributed by atoms with E-state index in [1.165, 1.54) is 18.2 Å². The molecule has 0 saturated carbocycles. The van der Waals surface area contributed by atoms with Gasteiger partial charge in [-0.2, -0.15) is 0 Å². The summed E-state index contributed by atoms with van der Waals surface area (Å²) in [4.78, 5) is 11.5. The summed E-state index contributed by atoms with van der Waals surface area (Å²) < 4.78 is 12.9. The molecule has 1 rings (SSSR count). The summed E-state index contributed by atoms with van der Waals surface area (Å²) in [6, 6.07) is 4.31. The van der Waals surface area contributed by atoms with Gasteiger partial charge in [0.2, 0.25) is 0 Å². The van der Waals surface area contributed by atoms with Crippen LogP contribution in [0.15, 0.2) is 18.2 Å². The fourth-order valence-corrected chi connectivity index (χ4v) is 1.17. The molecule has 0 aliphatic heterocycles. The van der Waals surface area contributed by atoms with E-state index in [0.717, 1.165) is 0 Å². The highest BCUT2D eigenvalue weighted by molar-refractivity contribution is 5.97. The molecule has 0 aliphatic rings. The zero-order valence-electron chi connectivity index (χ0n) is 8.51. The molecule has 0 saturated heterocycles. The van der Waals surface area contributed by atoms with Crippen LogP contribution in [-0.2, 0) is 0 Å². The highest BCUT2D eigenvalue weighted by atomic mass is 19.1. The average Bonchev–Trinajstić information content (AvgIpc) is 2.22. The number of nitrogens with one attached hydrogen (secondary N) is 1. The standard InChI is InChI=1S/C12H12FNO/c1-3-6-14-8-12(15)10-4-5-11(13)9(2)7-10/h1,4-5,7,14H,6,8H2,2H3. The van der Waals surface area contributed by atoms with Crippen LogP contribution in [0.2, 0.25) is 0 Å². The minimum absolute atomic E-state index is 0.0895. The number of hydrogen-bond donors (Lipinski definition) is 1. The van der Waals surface area contributed by atoms with Crippen LogP contribution in [0, 0.1) is 25.1 Å². The molecule has 0 spiro atoms. The number of ketones is 1. The predicted molar refractivity (Wildman–Crippen MR) is 57.2 cm³/mol. The van der Waals surface area contributed by atoms with Gasteiger partial charge in [0, 0.05) is 5.56 Å². The lowest BCUT2D eigenvalue weighted by Gasteiger charge is -2.03. The molecule has 2 nitrogen and oxygen atoms in total. The third-order valence-corrected chi connectivity index (χ3v) is 1.99. The molecule has 0 aliphatic carbocycles. The molecule has 0 heterocycles. The maximum absolute atomic E-state index is 12.9. The van der Waals surface area contributed by atoms with Crippen molar-refractivity contribution < 1.29 is 9.18 Å². The van der Waals surface area contributed by atoms with Gasteiger partial charge in [-0.05, 0) is 30.7 Å². The highest BCUT2D eigenvalue weighted by Crippen LogP contribution is 2.09. The third-order valence-electron chi connectivity index (χ3n) is 1.99. The minimum atomic E-state index is -0.303. The molecule has 0 amide bonds. The lowest BCUT2D eigenvalue weighted by Crippen LogP contribution is -2.23. The quantitative estimate of drug-likeness (QED) is 0.459. The summed E-state index contributed by atoms with van der Waals surface area (Å²) in [7, 11) is 0. The first kappa shape index (κ1) is 11.4. The van der Waals surface area contributed by atoms with Crippen molar-refractivity contribution in [2.24, 2.45) is 0 Å². The number of rotatable bonds is 4. The third kappa shape index (κ3) is 3.19. The monoisotopic (exact) mass is 205 g/mol. The summed E-state index contributed by atoms with van der Waals surface area (Å²) in [6.07, 6.45) is 5.02. The van der Waals surface area contributed by atoms with Gasteiger partial charge in [0.25, 0.3) is 0 Å². The van der Waals surface area contributed by atoms with E-state index in [4.69, 9.17) is 6.42 Å². The Morgan fingerprint density at radius 2 is 2.33 bits per heavy atom. The number of benzene rings is 1. The lowest BCUT2D eigenvalue weighted by molar-refractivity contribution is 0.0992. The molecule has 0 atom stereocenters. The Morgan fingerprint density at radius 3 is 2.93 bits per heavy atom.